The van der Waals surface area contributed by atoms with Crippen LogP contribution in [0.5, 0.6) is 11.5 Å². The molecule has 3 nitrogen and oxygen atoms in total. The Hall–Kier alpha value is -3.07. The van der Waals surface area contributed by atoms with Crippen molar-refractivity contribution >= 4 is 5.78 Å². The molecular formula is C22H20O3. The van der Waals surface area contributed by atoms with Crippen LogP contribution in [0.15, 0.2) is 72.8 Å². The Morgan fingerprint density at radius 3 is 2.44 bits per heavy atom. The minimum atomic E-state index is 0.0281. The lowest BCUT2D eigenvalue weighted by Crippen LogP contribution is -1.97. The summed E-state index contributed by atoms with van der Waals surface area (Å²) in [6.45, 7) is 2.07. The molecule has 0 fully saturated rings. The second-order valence-electron chi connectivity index (χ2n) is 5.77. The molecule has 3 aromatic rings. The molecule has 0 heterocycles. The van der Waals surface area contributed by atoms with Crippen molar-refractivity contribution < 1.29 is 14.3 Å². The van der Waals surface area contributed by atoms with Crippen LogP contribution in [0.2, 0.25) is 0 Å². The Morgan fingerprint density at radius 1 is 0.920 bits per heavy atom. The maximum absolute atomic E-state index is 11.7. The predicted molar refractivity (Wildman–Crippen MR) is 99.2 cm³/mol. The first kappa shape index (κ1) is 16.8. The topological polar surface area (TPSA) is 35.5 Å². The molecule has 0 amide bonds. The molecule has 0 saturated carbocycles. The fraction of sp³-hybridized carbons (Fsp3) is 0.136. The average molecular weight is 332 g/mol. The van der Waals surface area contributed by atoms with Crippen molar-refractivity contribution in [3.05, 3.63) is 83.9 Å². The Morgan fingerprint density at radius 2 is 1.72 bits per heavy atom. The van der Waals surface area contributed by atoms with Crippen molar-refractivity contribution in [2.24, 2.45) is 0 Å². The number of benzene rings is 3. The first-order valence-corrected chi connectivity index (χ1v) is 8.13. The lowest BCUT2D eigenvalue weighted by molar-refractivity contribution is 0.101. The Balaban J connectivity index is 1.88. The number of rotatable bonds is 6. The van der Waals surface area contributed by atoms with Gasteiger partial charge in [0, 0.05) is 11.1 Å². The molecular weight excluding hydrogens is 312 g/mol. The molecule has 3 heteroatoms. The summed E-state index contributed by atoms with van der Waals surface area (Å²) in [7, 11) is 1.63. The second-order valence-corrected chi connectivity index (χ2v) is 5.77. The van der Waals surface area contributed by atoms with Crippen molar-refractivity contribution in [1.82, 2.24) is 0 Å². The first-order chi connectivity index (χ1) is 12.2. The van der Waals surface area contributed by atoms with E-state index < -0.39 is 0 Å². The van der Waals surface area contributed by atoms with Gasteiger partial charge in [0.2, 0.25) is 0 Å². The van der Waals surface area contributed by atoms with E-state index >= 15 is 0 Å². The molecule has 3 aromatic carbocycles. The second kappa shape index (κ2) is 7.67. The van der Waals surface area contributed by atoms with Gasteiger partial charge < -0.3 is 9.47 Å². The van der Waals surface area contributed by atoms with Crippen molar-refractivity contribution in [1.29, 1.82) is 0 Å². The number of ketones is 1. The van der Waals surface area contributed by atoms with Crippen molar-refractivity contribution in [2.75, 3.05) is 7.11 Å². The molecule has 0 aliphatic carbocycles. The van der Waals surface area contributed by atoms with Crippen LogP contribution in [0.3, 0.4) is 0 Å². The highest BCUT2D eigenvalue weighted by molar-refractivity contribution is 5.96. The van der Waals surface area contributed by atoms with Gasteiger partial charge in [-0.15, -0.1) is 0 Å². The van der Waals surface area contributed by atoms with E-state index in [2.05, 4.69) is 0 Å². The molecule has 0 spiro atoms. The van der Waals surface area contributed by atoms with Gasteiger partial charge in [-0.2, -0.15) is 0 Å². The summed E-state index contributed by atoms with van der Waals surface area (Å²) < 4.78 is 11.3. The van der Waals surface area contributed by atoms with E-state index in [0.29, 0.717) is 12.2 Å². The maximum atomic E-state index is 11.7. The summed E-state index contributed by atoms with van der Waals surface area (Å²) in [5, 5.41) is 0. The van der Waals surface area contributed by atoms with Crippen LogP contribution in [0, 0.1) is 0 Å². The van der Waals surface area contributed by atoms with Gasteiger partial charge in [0.15, 0.2) is 5.78 Å². The minimum absolute atomic E-state index is 0.0281. The average Bonchev–Trinajstić information content (AvgIpc) is 2.67. The number of carbonyl (C=O) groups excluding carboxylic acids is 1. The molecule has 0 unspecified atom stereocenters. The van der Waals surface area contributed by atoms with Crippen LogP contribution < -0.4 is 9.47 Å². The predicted octanol–water partition coefficient (Wildman–Crippen LogP) is 5.14. The first-order valence-electron chi connectivity index (χ1n) is 8.13. The van der Waals surface area contributed by atoms with Gasteiger partial charge in [-0.05, 0) is 48.4 Å². The lowest BCUT2D eigenvalue weighted by atomic mass is 10.0. The van der Waals surface area contributed by atoms with Crippen LogP contribution in [0.1, 0.15) is 22.8 Å². The monoisotopic (exact) mass is 332 g/mol. The van der Waals surface area contributed by atoms with Gasteiger partial charge in [0.25, 0.3) is 0 Å². The molecule has 0 saturated heterocycles. The highest BCUT2D eigenvalue weighted by Gasteiger charge is 2.10. The summed E-state index contributed by atoms with van der Waals surface area (Å²) in [6, 6.07) is 23.3. The zero-order chi connectivity index (χ0) is 17.6. The fourth-order valence-corrected chi connectivity index (χ4v) is 2.65. The number of methoxy groups -OCH3 is 1. The van der Waals surface area contributed by atoms with Crippen LogP contribution in [-0.4, -0.2) is 12.9 Å². The van der Waals surface area contributed by atoms with Crippen molar-refractivity contribution in [3.63, 3.8) is 0 Å². The third-order valence-corrected chi connectivity index (χ3v) is 4.00. The minimum Gasteiger partial charge on any atom is -0.496 e. The van der Waals surface area contributed by atoms with E-state index in [-0.39, 0.29) is 5.78 Å². The highest BCUT2D eigenvalue weighted by atomic mass is 16.5. The molecule has 0 aliphatic heterocycles. The van der Waals surface area contributed by atoms with Gasteiger partial charge in [0.1, 0.15) is 18.1 Å². The van der Waals surface area contributed by atoms with E-state index in [1.807, 2.05) is 66.7 Å². The Kier molecular flexibility index (Phi) is 5.14. The summed E-state index contributed by atoms with van der Waals surface area (Å²) in [4.78, 5) is 11.7. The van der Waals surface area contributed by atoms with Gasteiger partial charge in [-0.3, -0.25) is 4.79 Å². The van der Waals surface area contributed by atoms with E-state index in [9.17, 15) is 4.79 Å². The number of ether oxygens (including phenoxy) is 2. The largest absolute Gasteiger partial charge is 0.496 e. The number of hydrogen-bond donors (Lipinski definition) is 0. The highest BCUT2D eigenvalue weighted by Crippen LogP contribution is 2.33. The van der Waals surface area contributed by atoms with Crippen molar-refractivity contribution in [3.8, 4) is 22.6 Å². The molecule has 0 atom stereocenters. The molecule has 0 aromatic heterocycles. The van der Waals surface area contributed by atoms with E-state index in [4.69, 9.17) is 9.47 Å². The number of hydrogen-bond acceptors (Lipinski definition) is 3. The Bertz CT molecular complexity index is 869. The third-order valence-electron chi connectivity index (χ3n) is 4.00. The van der Waals surface area contributed by atoms with Gasteiger partial charge in [0.05, 0.1) is 7.11 Å². The van der Waals surface area contributed by atoms with Gasteiger partial charge >= 0.3 is 0 Å². The van der Waals surface area contributed by atoms with E-state index in [0.717, 1.165) is 28.2 Å². The molecule has 0 N–H and O–H groups in total. The number of Topliss-reactive ketones (excluding diaryl/α,β-unsaturated/α-hetero) is 1. The van der Waals surface area contributed by atoms with Crippen LogP contribution >= 0.6 is 0 Å². The van der Waals surface area contributed by atoms with E-state index in [1.165, 1.54) is 0 Å². The summed E-state index contributed by atoms with van der Waals surface area (Å²) in [5.41, 5.74) is 3.60. The molecule has 0 radical (unpaired) electrons. The molecule has 126 valence electrons. The van der Waals surface area contributed by atoms with Crippen LogP contribution in [0.4, 0.5) is 0 Å². The summed E-state index contributed by atoms with van der Waals surface area (Å²) in [6.07, 6.45) is 0. The van der Waals surface area contributed by atoms with Gasteiger partial charge in [-0.25, -0.2) is 0 Å². The molecule has 0 aliphatic rings. The molecule has 25 heavy (non-hydrogen) atoms. The molecule has 3 rings (SSSR count). The summed E-state index contributed by atoms with van der Waals surface area (Å²) in [5.74, 6) is 1.53. The van der Waals surface area contributed by atoms with E-state index in [1.54, 1.807) is 20.1 Å². The fourth-order valence-electron chi connectivity index (χ4n) is 2.65. The zero-order valence-electron chi connectivity index (χ0n) is 14.4. The number of carbonyl (C=O) groups is 1. The van der Waals surface area contributed by atoms with Gasteiger partial charge in [-0.1, -0.05) is 42.5 Å². The van der Waals surface area contributed by atoms with Crippen LogP contribution in [0.25, 0.3) is 11.1 Å². The Labute approximate surface area is 147 Å². The standard InChI is InChI=1S/C22H20O3/c1-16(23)18-11-12-22(24-2)21(14-18)19-9-6-10-20(13-19)25-15-17-7-4-3-5-8-17/h3-14H,15H2,1-2H3. The third kappa shape index (κ3) is 4.07. The molecule has 0 bridgehead atoms. The van der Waals surface area contributed by atoms with Crippen molar-refractivity contribution in [2.45, 2.75) is 13.5 Å². The lowest BCUT2D eigenvalue weighted by Gasteiger charge is -2.12. The van der Waals surface area contributed by atoms with Crippen LogP contribution in [-0.2, 0) is 6.61 Å². The maximum Gasteiger partial charge on any atom is 0.159 e. The normalized spacial score (nSPS) is 10.3. The summed E-state index contributed by atoms with van der Waals surface area (Å²) >= 11 is 0. The SMILES string of the molecule is COc1ccc(C(C)=O)cc1-c1cccc(OCc2ccccc2)c1. The smallest absolute Gasteiger partial charge is 0.159 e. The quantitative estimate of drug-likeness (QED) is 0.586. The zero-order valence-corrected chi connectivity index (χ0v) is 14.4.